The third kappa shape index (κ3) is 3.44. The summed E-state index contributed by atoms with van der Waals surface area (Å²) in [5.74, 6) is 0.795. The van der Waals surface area contributed by atoms with Crippen LogP contribution in [-0.4, -0.2) is 15.9 Å². The van der Waals surface area contributed by atoms with E-state index in [4.69, 9.17) is 11.6 Å². The molecule has 0 aliphatic heterocycles. The summed E-state index contributed by atoms with van der Waals surface area (Å²) >= 11 is 5.97. The van der Waals surface area contributed by atoms with Gasteiger partial charge in [-0.2, -0.15) is 0 Å². The number of imidazole rings is 1. The summed E-state index contributed by atoms with van der Waals surface area (Å²) in [6, 6.07) is 12.8. The van der Waals surface area contributed by atoms with Gasteiger partial charge < -0.3 is 10.3 Å². The van der Waals surface area contributed by atoms with Crippen LogP contribution >= 0.6 is 11.6 Å². The van der Waals surface area contributed by atoms with E-state index in [1.165, 1.54) is 5.56 Å². The number of hydrogen-bond acceptors (Lipinski definition) is 2. The standard InChI is InChI=1S/C19H20ClN3O/c1-11(2)17(23-19(24)13-5-4-6-14(20)10-13)18-21-15-8-7-12(3)9-16(15)22-18/h4-11,17H,1-3H3,(H,21,22)(H,23,24)/t17-/m1/s1. The van der Waals surface area contributed by atoms with E-state index in [0.717, 1.165) is 16.9 Å². The van der Waals surface area contributed by atoms with Crippen LogP contribution < -0.4 is 5.32 Å². The molecule has 0 radical (unpaired) electrons. The van der Waals surface area contributed by atoms with Crippen molar-refractivity contribution in [3.05, 3.63) is 64.4 Å². The number of hydrogen-bond donors (Lipinski definition) is 2. The first kappa shape index (κ1) is 16.5. The van der Waals surface area contributed by atoms with E-state index in [1.54, 1.807) is 24.3 Å². The van der Waals surface area contributed by atoms with Gasteiger partial charge in [-0.05, 0) is 48.7 Å². The fourth-order valence-electron chi connectivity index (χ4n) is 2.70. The van der Waals surface area contributed by atoms with Crippen LogP contribution in [-0.2, 0) is 0 Å². The number of fused-ring (bicyclic) bond motifs is 1. The highest BCUT2D eigenvalue weighted by molar-refractivity contribution is 6.30. The molecule has 3 rings (SSSR count). The van der Waals surface area contributed by atoms with Gasteiger partial charge in [-0.15, -0.1) is 0 Å². The second-order valence-corrected chi connectivity index (χ2v) is 6.78. The highest BCUT2D eigenvalue weighted by Crippen LogP contribution is 2.23. The largest absolute Gasteiger partial charge is 0.342 e. The molecule has 1 heterocycles. The van der Waals surface area contributed by atoms with Crippen LogP contribution in [0.5, 0.6) is 0 Å². The van der Waals surface area contributed by atoms with Crippen LogP contribution in [0.15, 0.2) is 42.5 Å². The molecule has 0 saturated carbocycles. The van der Waals surface area contributed by atoms with Gasteiger partial charge in [0.15, 0.2) is 0 Å². The molecular formula is C19H20ClN3O. The lowest BCUT2D eigenvalue weighted by molar-refractivity contribution is 0.0923. The van der Waals surface area contributed by atoms with E-state index in [-0.39, 0.29) is 17.9 Å². The number of carbonyl (C=O) groups excluding carboxylic acids is 1. The normalized spacial score (nSPS) is 12.5. The fourth-order valence-corrected chi connectivity index (χ4v) is 2.89. The zero-order valence-electron chi connectivity index (χ0n) is 13.9. The molecule has 0 bridgehead atoms. The molecule has 1 atom stereocenters. The SMILES string of the molecule is Cc1ccc2nc([C@H](NC(=O)c3cccc(Cl)c3)C(C)C)[nH]c2c1. The Balaban J connectivity index is 1.90. The highest BCUT2D eigenvalue weighted by atomic mass is 35.5. The number of H-pyrrole nitrogens is 1. The lowest BCUT2D eigenvalue weighted by Gasteiger charge is -2.20. The van der Waals surface area contributed by atoms with Crippen molar-refractivity contribution in [2.45, 2.75) is 26.8 Å². The summed E-state index contributed by atoms with van der Waals surface area (Å²) in [5, 5.41) is 3.60. The second kappa shape index (κ2) is 6.65. The van der Waals surface area contributed by atoms with Crippen LogP contribution in [0.1, 0.15) is 41.6 Å². The summed E-state index contributed by atoms with van der Waals surface area (Å²) < 4.78 is 0. The van der Waals surface area contributed by atoms with Crippen LogP contribution in [0.25, 0.3) is 11.0 Å². The molecule has 1 aromatic heterocycles. The maximum absolute atomic E-state index is 12.5. The molecule has 0 aliphatic rings. The first-order chi connectivity index (χ1) is 11.4. The molecule has 0 aliphatic carbocycles. The number of carbonyl (C=O) groups is 1. The maximum Gasteiger partial charge on any atom is 0.251 e. The van der Waals surface area contributed by atoms with Crippen LogP contribution in [0, 0.1) is 12.8 Å². The summed E-state index contributed by atoms with van der Waals surface area (Å²) in [5.41, 5.74) is 3.59. The zero-order chi connectivity index (χ0) is 17.3. The molecule has 2 aromatic carbocycles. The molecular weight excluding hydrogens is 322 g/mol. The van der Waals surface area contributed by atoms with Crippen LogP contribution in [0.4, 0.5) is 0 Å². The number of aromatic amines is 1. The Hall–Kier alpha value is -2.33. The van der Waals surface area contributed by atoms with E-state index >= 15 is 0 Å². The lowest BCUT2D eigenvalue weighted by atomic mass is 10.0. The molecule has 24 heavy (non-hydrogen) atoms. The van der Waals surface area contributed by atoms with Gasteiger partial charge in [0, 0.05) is 10.6 Å². The number of aryl methyl sites for hydroxylation is 1. The van der Waals surface area contributed by atoms with Crippen molar-refractivity contribution in [2.75, 3.05) is 0 Å². The Morgan fingerprint density at radius 3 is 2.71 bits per heavy atom. The van der Waals surface area contributed by atoms with Gasteiger partial charge in [-0.3, -0.25) is 4.79 Å². The number of rotatable bonds is 4. The summed E-state index contributed by atoms with van der Waals surface area (Å²) in [6.45, 7) is 6.16. The Bertz CT molecular complexity index is 885. The van der Waals surface area contributed by atoms with Gasteiger partial charge in [0.05, 0.1) is 17.1 Å². The third-order valence-corrected chi connectivity index (χ3v) is 4.23. The maximum atomic E-state index is 12.5. The van der Waals surface area contributed by atoms with Crippen molar-refractivity contribution in [3.63, 3.8) is 0 Å². The summed E-state index contributed by atoms with van der Waals surface area (Å²) in [6.07, 6.45) is 0. The monoisotopic (exact) mass is 341 g/mol. The van der Waals surface area contributed by atoms with Crippen molar-refractivity contribution in [1.82, 2.24) is 15.3 Å². The van der Waals surface area contributed by atoms with E-state index in [1.807, 2.05) is 19.1 Å². The van der Waals surface area contributed by atoms with Crippen LogP contribution in [0.2, 0.25) is 5.02 Å². The number of halogens is 1. The van der Waals surface area contributed by atoms with Crippen LogP contribution in [0.3, 0.4) is 0 Å². The van der Waals surface area contributed by atoms with Crippen molar-refractivity contribution < 1.29 is 4.79 Å². The van der Waals surface area contributed by atoms with Gasteiger partial charge >= 0.3 is 0 Å². The third-order valence-electron chi connectivity index (χ3n) is 3.99. The number of benzene rings is 2. The van der Waals surface area contributed by atoms with Crippen molar-refractivity contribution in [2.24, 2.45) is 5.92 Å². The first-order valence-electron chi connectivity index (χ1n) is 7.97. The number of aromatic nitrogens is 2. The number of amides is 1. The average Bonchev–Trinajstić information content (AvgIpc) is 2.94. The molecule has 124 valence electrons. The molecule has 0 fully saturated rings. The van der Waals surface area contributed by atoms with Gasteiger partial charge in [0.1, 0.15) is 5.82 Å². The summed E-state index contributed by atoms with van der Waals surface area (Å²) in [7, 11) is 0. The minimum Gasteiger partial charge on any atom is -0.342 e. The minimum atomic E-state index is -0.204. The fraction of sp³-hybridized carbons (Fsp3) is 0.263. The zero-order valence-corrected chi connectivity index (χ0v) is 14.7. The number of nitrogens with zero attached hydrogens (tertiary/aromatic N) is 1. The Kier molecular flexibility index (Phi) is 4.58. The predicted molar refractivity (Wildman–Crippen MR) is 97.3 cm³/mol. The van der Waals surface area contributed by atoms with E-state index in [0.29, 0.717) is 10.6 Å². The van der Waals surface area contributed by atoms with Crippen molar-refractivity contribution in [3.8, 4) is 0 Å². The Morgan fingerprint density at radius 2 is 2.00 bits per heavy atom. The smallest absolute Gasteiger partial charge is 0.251 e. The quantitative estimate of drug-likeness (QED) is 0.725. The van der Waals surface area contributed by atoms with Crippen molar-refractivity contribution in [1.29, 1.82) is 0 Å². The Morgan fingerprint density at radius 1 is 1.21 bits per heavy atom. The van der Waals surface area contributed by atoms with Gasteiger partial charge in [0.25, 0.3) is 5.91 Å². The predicted octanol–water partition coefficient (Wildman–Crippen LogP) is 4.65. The molecule has 5 heteroatoms. The first-order valence-corrected chi connectivity index (χ1v) is 8.34. The molecule has 4 nitrogen and oxygen atoms in total. The van der Waals surface area contributed by atoms with E-state index in [2.05, 4.69) is 35.2 Å². The molecule has 2 N–H and O–H groups in total. The van der Waals surface area contributed by atoms with Gasteiger partial charge in [-0.1, -0.05) is 37.6 Å². The lowest BCUT2D eigenvalue weighted by Crippen LogP contribution is -2.32. The van der Waals surface area contributed by atoms with Crippen molar-refractivity contribution >= 4 is 28.5 Å². The molecule has 1 amide bonds. The topological polar surface area (TPSA) is 57.8 Å². The highest BCUT2D eigenvalue weighted by Gasteiger charge is 2.22. The molecule has 3 aromatic rings. The van der Waals surface area contributed by atoms with Gasteiger partial charge in [0.2, 0.25) is 0 Å². The Labute approximate surface area is 146 Å². The molecule has 0 spiro atoms. The van der Waals surface area contributed by atoms with Gasteiger partial charge in [-0.25, -0.2) is 4.98 Å². The number of nitrogens with one attached hydrogen (secondary N) is 2. The van der Waals surface area contributed by atoms with E-state index < -0.39 is 0 Å². The second-order valence-electron chi connectivity index (χ2n) is 6.35. The van der Waals surface area contributed by atoms with E-state index in [9.17, 15) is 4.79 Å². The minimum absolute atomic E-state index is 0.159. The average molecular weight is 342 g/mol. The summed E-state index contributed by atoms with van der Waals surface area (Å²) in [4.78, 5) is 20.5. The molecule has 0 unspecified atom stereocenters. The molecule has 0 saturated heterocycles.